The maximum absolute atomic E-state index is 11.8. The molecule has 1 aliphatic carbocycles. The minimum absolute atomic E-state index is 0.917. The van der Waals surface area contributed by atoms with Gasteiger partial charge in [0, 0.05) is 16.0 Å². The van der Waals surface area contributed by atoms with Crippen LogP contribution in [0.25, 0.3) is 0 Å². The second kappa shape index (κ2) is 2.22. The van der Waals surface area contributed by atoms with Crippen molar-refractivity contribution in [1.29, 1.82) is 0 Å². The third kappa shape index (κ3) is 1.69. The van der Waals surface area contributed by atoms with Gasteiger partial charge in [-0.15, -0.1) is 0 Å². The molecule has 0 N–H and O–H groups in total. The Labute approximate surface area is 73.4 Å². The molecule has 10 heavy (non-hydrogen) atoms. The lowest BCUT2D eigenvalue weighted by atomic mass is 9.77. The van der Waals surface area contributed by atoms with Crippen LogP contribution >= 0.6 is 0 Å². The van der Waals surface area contributed by atoms with Gasteiger partial charge in [0.2, 0.25) is 0 Å². The van der Waals surface area contributed by atoms with E-state index in [0.717, 1.165) is 13.8 Å². The van der Waals surface area contributed by atoms with E-state index in [4.69, 9.17) is 11.0 Å². The number of hydrogen-bond acceptors (Lipinski definition) is 1. The van der Waals surface area contributed by atoms with E-state index >= 15 is 0 Å². The highest BCUT2D eigenvalue weighted by molar-refractivity contribution is 5.91. The molecule has 0 bridgehead atoms. The maximum Gasteiger partial charge on any atom is 0.156 e. The second-order valence-corrected chi connectivity index (χ2v) is 2.70. The van der Waals surface area contributed by atoms with E-state index in [-0.39, 0.29) is 0 Å². The Morgan fingerprint density at radius 2 is 2.50 bits per heavy atom. The Balaban J connectivity index is 3.72. The van der Waals surface area contributed by atoms with Crippen LogP contribution in [0.5, 0.6) is 0 Å². The molecule has 0 radical (unpaired) electrons. The Hall–Kier alpha value is -0.590. The van der Waals surface area contributed by atoms with Crippen molar-refractivity contribution in [2.24, 2.45) is 5.41 Å². The van der Waals surface area contributed by atoms with Gasteiger partial charge in [0.05, 0.1) is 1.37 Å². The molecule has 0 atom stereocenters. The second-order valence-electron chi connectivity index (χ2n) is 2.70. The molecule has 0 fully saturated rings. The Morgan fingerprint density at radius 1 is 1.80 bits per heavy atom. The topological polar surface area (TPSA) is 17.1 Å². The zero-order valence-electron chi connectivity index (χ0n) is 13.9. The summed E-state index contributed by atoms with van der Waals surface area (Å²) >= 11 is 0. The van der Waals surface area contributed by atoms with Crippen LogP contribution in [0.1, 0.15) is 44.4 Å². The Morgan fingerprint density at radius 3 is 3.10 bits per heavy atom. The number of ketones is 1. The number of hydrogen-bond donors (Lipinski definition) is 0. The van der Waals surface area contributed by atoms with E-state index in [9.17, 15) is 4.79 Å². The molecule has 1 rings (SSSR count). The van der Waals surface area contributed by atoms with Crippen molar-refractivity contribution in [1.82, 2.24) is 0 Å². The summed E-state index contributed by atoms with van der Waals surface area (Å²) < 4.78 is 60.2. The predicted octanol–water partition coefficient (Wildman–Crippen LogP) is 2.32. The third-order valence-electron chi connectivity index (χ3n) is 1.10. The first kappa shape index (κ1) is 2.20. The number of carbonyl (C=O) groups excluding carboxylic acids is 1. The van der Waals surface area contributed by atoms with E-state index in [1.165, 1.54) is 0 Å². The van der Waals surface area contributed by atoms with Crippen LogP contribution in [0.4, 0.5) is 0 Å². The van der Waals surface area contributed by atoms with Crippen LogP contribution in [-0.2, 0) is 4.79 Å². The van der Waals surface area contributed by atoms with Crippen molar-refractivity contribution in [2.45, 2.75) is 33.4 Å². The van der Waals surface area contributed by atoms with Gasteiger partial charge in [-0.2, -0.15) is 0 Å². The molecule has 0 aromatic carbocycles. The molecule has 0 aromatic heterocycles. The van der Waals surface area contributed by atoms with Crippen LogP contribution in [0.2, 0.25) is 0 Å². The predicted molar refractivity (Wildman–Crippen MR) is 41.8 cm³/mol. The van der Waals surface area contributed by atoms with E-state index in [1.54, 1.807) is 0 Å². The summed E-state index contributed by atoms with van der Waals surface area (Å²) in [5.41, 5.74) is -2.79. The van der Waals surface area contributed by atoms with Crippen LogP contribution in [0.3, 0.4) is 0 Å². The van der Waals surface area contributed by atoms with E-state index in [0.29, 0.717) is 0 Å². The average molecular weight is 146 g/mol. The summed E-state index contributed by atoms with van der Waals surface area (Å²) in [7, 11) is 0. The van der Waals surface area contributed by atoms with E-state index in [2.05, 4.69) is 0 Å². The van der Waals surface area contributed by atoms with Crippen LogP contribution < -0.4 is 0 Å². The van der Waals surface area contributed by atoms with Gasteiger partial charge in [-0.3, -0.25) is 4.79 Å². The van der Waals surface area contributed by atoms with Gasteiger partial charge in [-0.25, -0.2) is 0 Å². The van der Waals surface area contributed by atoms with Gasteiger partial charge < -0.3 is 0 Å². The lowest BCUT2D eigenvalue weighted by Crippen LogP contribution is -2.20. The molecule has 1 heteroatoms. The average Bonchev–Trinajstić information content (AvgIpc) is 2.11. The van der Waals surface area contributed by atoms with E-state index < -0.39 is 42.4 Å². The molecule has 56 valence electrons. The largest absolute Gasteiger partial charge is 0.295 e. The fourth-order valence-corrected chi connectivity index (χ4v) is 0.804. The SMILES string of the molecule is [2H]C1=C(C([2H])([2H])[2H])C([2H])([2H])C(C)(C)C([2H])([2H])C1=O. The van der Waals surface area contributed by atoms with Gasteiger partial charge in [-0.05, 0) is 24.7 Å². The highest BCUT2D eigenvalue weighted by atomic mass is 16.1. The molecule has 0 aliphatic heterocycles. The highest BCUT2D eigenvalue weighted by Crippen LogP contribution is 2.32. The molecule has 1 nitrogen and oxygen atoms in total. The lowest BCUT2D eigenvalue weighted by molar-refractivity contribution is -0.117. The van der Waals surface area contributed by atoms with Crippen molar-refractivity contribution in [3.05, 3.63) is 11.6 Å². The monoisotopic (exact) mass is 146 g/mol. The molecule has 0 heterocycles. The van der Waals surface area contributed by atoms with Crippen molar-refractivity contribution < 1.29 is 15.8 Å². The molecule has 0 saturated carbocycles. The third-order valence-corrected chi connectivity index (χ3v) is 1.10. The minimum Gasteiger partial charge on any atom is -0.295 e. The zero-order valence-corrected chi connectivity index (χ0v) is 5.91. The fraction of sp³-hybridized carbons (Fsp3) is 0.667. The van der Waals surface area contributed by atoms with Crippen molar-refractivity contribution in [3.8, 4) is 0 Å². The molecular formula is C9H14O. The molecule has 1 aliphatic rings. The van der Waals surface area contributed by atoms with E-state index in [1.807, 2.05) is 0 Å². The molecule has 0 unspecified atom stereocenters. The van der Waals surface area contributed by atoms with Gasteiger partial charge in [-0.1, -0.05) is 19.4 Å². The summed E-state index contributed by atoms with van der Waals surface area (Å²) in [6, 6.07) is -1.08. The summed E-state index contributed by atoms with van der Waals surface area (Å²) in [6.45, 7) is -0.629. The lowest BCUT2D eigenvalue weighted by Gasteiger charge is -2.27. The van der Waals surface area contributed by atoms with Crippen molar-refractivity contribution in [2.75, 3.05) is 0 Å². The van der Waals surface area contributed by atoms with Crippen molar-refractivity contribution >= 4 is 5.78 Å². The first-order valence-electron chi connectivity index (χ1n) is 6.95. The van der Waals surface area contributed by atoms with Crippen molar-refractivity contribution in [3.63, 3.8) is 0 Å². The Bertz CT molecular complexity index is 428. The first-order valence-corrected chi connectivity index (χ1v) is 2.95. The Kier molecular flexibility index (Phi) is 0.488. The summed E-state index contributed by atoms with van der Waals surface area (Å²) in [6.07, 6.45) is -5.23. The smallest absolute Gasteiger partial charge is 0.156 e. The van der Waals surface area contributed by atoms with Gasteiger partial charge in [0.15, 0.2) is 5.78 Å². The van der Waals surface area contributed by atoms with Gasteiger partial charge in [0.1, 0.15) is 0 Å². The molecule has 0 amide bonds. The first-order chi connectivity index (χ1) is 7.69. The summed E-state index contributed by atoms with van der Waals surface area (Å²) in [5, 5.41) is 0. The zero-order chi connectivity index (χ0) is 14.7. The molecule has 0 saturated heterocycles. The molecule has 0 aromatic rings. The quantitative estimate of drug-likeness (QED) is 0.512. The number of allylic oxidation sites excluding steroid dienone is 2. The normalized spacial score (nSPS) is 48.4. The molecular weight excluding hydrogens is 124 g/mol. The summed E-state index contributed by atoms with van der Waals surface area (Å²) in [5.74, 6) is -1.28. The number of carbonyl (C=O) groups is 1. The van der Waals surface area contributed by atoms with Gasteiger partial charge in [0.25, 0.3) is 0 Å². The van der Waals surface area contributed by atoms with Gasteiger partial charge >= 0.3 is 0 Å². The summed E-state index contributed by atoms with van der Waals surface area (Å²) in [4.78, 5) is 11.8. The standard InChI is InChI=1S/C9H14O/c1-7-4-8(10)6-9(2,3)5-7/h4H,5-6H2,1-3H3/i1D3,4D,5D2,6D2. The maximum atomic E-state index is 11.8. The van der Waals surface area contributed by atoms with Crippen LogP contribution in [0.15, 0.2) is 11.6 Å². The van der Waals surface area contributed by atoms with Crippen LogP contribution in [0, 0.1) is 5.41 Å². The number of rotatable bonds is 0. The van der Waals surface area contributed by atoms with Crippen LogP contribution in [-0.4, -0.2) is 5.78 Å². The fourth-order valence-electron chi connectivity index (χ4n) is 0.804. The minimum atomic E-state index is -2.94. The highest BCUT2D eigenvalue weighted by Gasteiger charge is 2.25. The molecule has 0 spiro atoms.